The fourth-order valence-corrected chi connectivity index (χ4v) is 1.87. The molecule has 7 nitrogen and oxygen atoms in total. The second kappa shape index (κ2) is 3.73. The minimum absolute atomic E-state index is 0.365. The van der Waals surface area contributed by atoms with Gasteiger partial charge in [-0.3, -0.25) is 0 Å². The molecule has 3 heterocycles. The average molecular weight is 246 g/mol. The van der Waals surface area contributed by atoms with Crippen LogP contribution < -0.4 is 5.69 Å². The Morgan fingerprint density at radius 3 is 2.83 bits per heavy atom. The number of nitrogens with zero attached hydrogens (tertiary/aromatic N) is 3. The van der Waals surface area contributed by atoms with Crippen LogP contribution in [-0.2, 0) is 0 Å². The first-order chi connectivity index (χ1) is 8.68. The van der Waals surface area contributed by atoms with Gasteiger partial charge in [-0.2, -0.15) is 0 Å². The summed E-state index contributed by atoms with van der Waals surface area (Å²) in [5.41, 5.74) is 0.833. The largest absolute Gasteiger partial charge is 0.461 e. The van der Waals surface area contributed by atoms with Crippen LogP contribution in [0.3, 0.4) is 0 Å². The van der Waals surface area contributed by atoms with Gasteiger partial charge in [-0.25, -0.2) is 14.5 Å². The van der Waals surface area contributed by atoms with Crippen molar-refractivity contribution >= 4 is 0 Å². The smallest absolute Gasteiger partial charge is 0.348 e. The summed E-state index contributed by atoms with van der Waals surface area (Å²) in [6.07, 6.45) is 1.52. The van der Waals surface area contributed by atoms with Gasteiger partial charge in [-0.1, -0.05) is 5.16 Å². The first-order valence-corrected chi connectivity index (χ1v) is 5.33. The molecule has 0 atom stereocenters. The number of aromatic amines is 1. The van der Waals surface area contributed by atoms with Crippen LogP contribution in [0.15, 0.2) is 32.1 Å². The van der Waals surface area contributed by atoms with E-state index < -0.39 is 0 Å². The Hall–Kier alpha value is -2.57. The highest BCUT2D eigenvalue weighted by atomic mass is 16.5. The summed E-state index contributed by atoms with van der Waals surface area (Å²) in [5, 5.41) is 10.2. The van der Waals surface area contributed by atoms with Crippen molar-refractivity contribution < 1.29 is 8.94 Å². The summed E-state index contributed by atoms with van der Waals surface area (Å²) in [6, 6.07) is 3.45. The lowest BCUT2D eigenvalue weighted by atomic mass is 10.3. The molecule has 0 aliphatic heterocycles. The fourth-order valence-electron chi connectivity index (χ4n) is 1.87. The summed E-state index contributed by atoms with van der Waals surface area (Å²) in [6.45, 7) is 3.50. The molecule has 0 bridgehead atoms. The van der Waals surface area contributed by atoms with E-state index in [9.17, 15) is 4.79 Å². The first-order valence-electron chi connectivity index (χ1n) is 5.33. The molecule has 3 rings (SSSR count). The molecule has 92 valence electrons. The number of furan rings is 1. The molecule has 0 aliphatic rings. The van der Waals surface area contributed by atoms with E-state index in [0.29, 0.717) is 28.7 Å². The van der Waals surface area contributed by atoms with E-state index in [-0.39, 0.29) is 5.69 Å². The lowest BCUT2D eigenvalue weighted by molar-refractivity contribution is 0.393. The van der Waals surface area contributed by atoms with Crippen LogP contribution in [0.4, 0.5) is 0 Å². The third-order valence-electron chi connectivity index (χ3n) is 2.63. The van der Waals surface area contributed by atoms with Gasteiger partial charge in [0.25, 0.3) is 0 Å². The zero-order valence-electron chi connectivity index (χ0n) is 9.80. The summed E-state index contributed by atoms with van der Waals surface area (Å²) >= 11 is 0. The van der Waals surface area contributed by atoms with Crippen molar-refractivity contribution in [2.45, 2.75) is 13.8 Å². The van der Waals surface area contributed by atoms with Gasteiger partial charge in [-0.15, -0.1) is 5.10 Å². The normalized spacial score (nSPS) is 11.0. The number of hydrogen-bond acceptors (Lipinski definition) is 5. The minimum Gasteiger partial charge on any atom is -0.461 e. The van der Waals surface area contributed by atoms with Crippen molar-refractivity contribution in [3.63, 3.8) is 0 Å². The Morgan fingerprint density at radius 1 is 1.39 bits per heavy atom. The number of nitrogens with one attached hydrogen (secondary N) is 1. The van der Waals surface area contributed by atoms with Crippen molar-refractivity contribution in [1.82, 2.24) is 19.9 Å². The maximum absolute atomic E-state index is 11.9. The summed E-state index contributed by atoms with van der Waals surface area (Å²) in [7, 11) is 0. The van der Waals surface area contributed by atoms with Gasteiger partial charge in [0.15, 0.2) is 11.5 Å². The summed E-state index contributed by atoms with van der Waals surface area (Å²) in [5.74, 6) is 1.43. The van der Waals surface area contributed by atoms with E-state index in [1.54, 1.807) is 26.0 Å². The van der Waals surface area contributed by atoms with Gasteiger partial charge in [0.1, 0.15) is 11.4 Å². The van der Waals surface area contributed by atoms with Gasteiger partial charge in [-0.05, 0) is 26.0 Å². The molecule has 0 unspecified atom stereocenters. The van der Waals surface area contributed by atoms with Crippen LogP contribution in [0, 0.1) is 13.8 Å². The van der Waals surface area contributed by atoms with E-state index in [2.05, 4.69) is 15.4 Å². The van der Waals surface area contributed by atoms with E-state index in [0.717, 1.165) is 0 Å². The molecule has 0 aromatic carbocycles. The Bertz CT molecular complexity index is 713. The maximum Gasteiger partial charge on any atom is 0.348 e. The van der Waals surface area contributed by atoms with Crippen LogP contribution in [0.1, 0.15) is 11.5 Å². The highest BCUT2D eigenvalue weighted by molar-refractivity contribution is 5.53. The average Bonchev–Trinajstić information content (AvgIpc) is 3.02. The van der Waals surface area contributed by atoms with Crippen LogP contribution >= 0.6 is 0 Å². The number of rotatable bonds is 2. The molecule has 3 aromatic heterocycles. The predicted molar refractivity (Wildman–Crippen MR) is 61.4 cm³/mol. The molecule has 0 saturated heterocycles. The van der Waals surface area contributed by atoms with E-state index in [1.165, 1.54) is 10.8 Å². The Balaban J connectivity index is 2.31. The van der Waals surface area contributed by atoms with E-state index in [1.807, 2.05) is 0 Å². The molecule has 18 heavy (non-hydrogen) atoms. The van der Waals surface area contributed by atoms with Crippen molar-refractivity contribution in [3.8, 4) is 17.3 Å². The number of aryl methyl sites for hydroxylation is 2. The zero-order valence-corrected chi connectivity index (χ0v) is 9.80. The van der Waals surface area contributed by atoms with Crippen molar-refractivity contribution in [2.75, 3.05) is 0 Å². The third kappa shape index (κ3) is 1.41. The maximum atomic E-state index is 11.9. The number of hydrogen-bond donors (Lipinski definition) is 1. The lowest BCUT2D eigenvalue weighted by Crippen LogP contribution is -2.16. The van der Waals surface area contributed by atoms with Gasteiger partial charge >= 0.3 is 5.69 Å². The van der Waals surface area contributed by atoms with Crippen LogP contribution in [0.25, 0.3) is 17.3 Å². The second-order valence-electron chi connectivity index (χ2n) is 3.84. The molecular formula is C11H10N4O3. The van der Waals surface area contributed by atoms with E-state index >= 15 is 0 Å². The van der Waals surface area contributed by atoms with Gasteiger partial charge < -0.3 is 8.94 Å². The highest BCUT2D eigenvalue weighted by Crippen LogP contribution is 2.23. The molecule has 0 radical (unpaired) electrons. The molecule has 0 amide bonds. The topological polar surface area (TPSA) is 89.8 Å². The fraction of sp³-hybridized carbons (Fsp3) is 0.182. The SMILES string of the molecule is Cc1noc(C)c1-n1c(-c2ccco2)n[nH]c1=O. The Morgan fingerprint density at radius 2 is 2.22 bits per heavy atom. The molecule has 0 spiro atoms. The second-order valence-corrected chi connectivity index (χ2v) is 3.84. The molecule has 0 aliphatic carbocycles. The van der Waals surface area contributed by atoms with Gasteiger partial charge in [0, 0.05) is 0 Å². The van der Waals surface area contributed by atoms with Gasteiger partial charge in [0.05, 0.1) is 6.26 Å². The molecule has 3 aromatic rings. The van der Waals surface area contributed by atoms with Crippen LogP contribution in [0.5, 0.6) is 0 Å². The van der Waals surface area contributed by atoms with Gasteiger partial charge in [0.2, 0.25) is 5.82 Å². The molecule has 1 N–H and O–H groups in total. The number of H-pyrrole nitrogens is 1. The van der Waals surface area contributed by atoms with Crippen molar-refractivity contribution in [2.24, 2.45) is 0 Å². The molecular weight excluding hydrogens is 236 g/mol. The zero-order chi connectivity index (χ0) is 12.7. The van der Waals surface area contributed by atoms with Crippen molar-refractivity contribution in [3.05, 3.63) is 40.3 Å². The first kappa shape index (κ1) is 10.6. The lowest BCUT2D eigenvalue weighted by Gasteiger charge is -2.01. The minimum atomic E-state index is -0.365. The Kier molecular flexibility index (Phi) is 2.19. The molecule has 7 heteroatoms. The Labute approximate surface area is 101 Å². The molecule has 0 saturated carbocycles. The standard InChI is InChI=1S/C11H10N4O3/c1-6-9(7(2)18-14-6)15-10(12-13-11(15)16)8-4-3-5-17-8/h3-5H,1-2H3,(H,13,16). The van der Waals surface area contributed by atoms with Crippen LogP contribution in [-0.4, -0.2) is 19.9 Å². The molecule has 0 fully saturated rings. The predicted octanol–water partition coefficient (Wildman–Crippen LogP) is 1.43. The van der Waals surface area contributed by atoms with E-state index in [4.69, 9.17) is 8.94 Å². The van der Waals surface area contributed by atoms with Crippen LogP contribution in [0.2, 0.25) is 0 Å². The summed E-state index contributed by atoms with van der Waals surface area (Å²) in [4.78, 5) is 11.9. The van der Waals surface area contributed by atoms with Crippen molar-refractivity contribution in [1.29, 1.82) is 0 Å². The monoisotopic (exact) mass is 246 g/mol. The third-order valence-corrected chi connectivity index (χ3v) is 2.63. The number of aromatic nitrogens is 4. The summed E-state index contributed by atoms with van der Waals surface area (Å²) < 4.78 is 11.7. The quantitative estimate of drug-likeness (QED) is 0.738. The highest BCUT2D eigenvalue weighted by Gasteiger charge is 2.20.